The van der Waals surface area contributed by atoms with E-state index in [0.29, 0.717) is 6.42 Å². The number of thioether (sulfide) groups is 1. The second-order valence-electron chi connectivity index (χ2n) is 3.81. The van der Waals surface area contributed by atoms with E-state index in [1.165, 1.54) is 0 Å². The largest absolute Gasteiger partial charge is 0.303 e. The molecule has 1 nitrogen and oxygen atoms in total. The van der Waals surface area contributed by atoms with Gasteiger partial charge >= 0.3 is 0 Å². The Hall–Kier alpha value is -1.80. The summed E-state index contributed by atoms with van der Waals surface area (Å²) >= 11 is 1.64. The summed E-state index contributed by atoms with van der Waals surface area (Å²) in [5, 5.41) is 0. The summed E-state index contributed by atoms with van der Waals surface area (Å²) in [6, 6.07) is 20.2. The van der Waals surface area contributed by atoms with Crippen LogP contribution in [0.4, 0.5) is 0 Å². The van der Waals surface area contributed by atoms with Gasteiger partial charge < -0.3 is 4.79 Å². The lowest BCUT2D eigenvalue weighted by Gasteiger charge is -2.04. The van der Waals surface area contributed by atoms with Gasteiger partial charge in [-0.1, -0.05) is 60.3 Å². The summed E-state index contributed by atoms with van der Waals surface area (Å²) in [7, 11) is 0. The number of hydrogen-bond acceptors (Lipinski definition) is 2. The molecule has 0 aromatic heterocycles. The van der Waals surface area contributed by atoms with Crippen molar-refractivity contribution in [3.63, 3.8) is 0 Å². The Labute approximate surface area is 112 Å². The molecule has 0 saturated heterocycles. The van der Waals surface area contributed by atoms with Crippen molar-refractivity contribution in [1.29, 1.82) is 0 Å². The molecule has 0 aliphatic carbocycles. The minimum absolute atomic E-state index is 0.453. The zero-order valence-electron chi connectivity index (χ0n) is 9.95. The average Bonchev–Trinajstić information content (AvgIpc) is 2.41. The van der Waals surface area contributed by atoms with Gasteiger partial charge in [0.25, 0.3) is 0 Å². The number of allylic oxidation sites excluding steroid dienone is 1. The zero-order valence-corrected chi connectivity index (χ0v) is 10.8. The van der Waals surface area contributed by atoms with Crippen LogP contribution in [-0.2, 0) is 4.79 Å². The van der Waals surface area contributed by atoms with E-state index in [2.05, 4.69) is 6.08 Å². The molecule has 2 rings (SSSR count). The Bertz CT molecular complexity index is 517. The molecule has 0 unspecified atom stereocenters. The van der Waals surface area contributed by atoms with Crippen molar-refractivity contribution in [2.75, 3.05) is 0 Å². The van der Waals surface area contributed by atoms with Crippen molar-refractivity contribution in [2.45, 2.75) is 11.3 Å². The SMILES string of the molecule is O=CC/C(=C/c1ccccc1)Sc1ccccc1. The average molecular weight is 254 g/mol. The van der Waals surface area contributed by atoms with E-state index in [1.54, 1.807) is 11.8 Å². The van der Waals surface area contributed by atoms with Gasteiger partial charge in [-0.05, 0) is 28.7 Å². The molecule has 0 amide bonds. The van der Waals surface area contributed by atoms with E-state index in [-0.39, 0.29) is 0 Å². The lowest BCUT2D eigenvalue weighted by atomic mass is 10.2. The standard InChI is InChI=1S/C16H14OS/c17-12-11-16(13-14-7-3-1-4-8-14)18-15-9-5-2-6-10-15/h1-10,12-13H,11H2/b16-13-. The van der Waals surface area contributed by atoms with Gasteiger partial charge in [0, 0.05) is 11.3 Å². The van der Waals surface area contributed by atoms with Gasteiger partial charge in [0.05, 0.1) is 0 Å². The highest BCUT2D eigenvalue weighted by atomic mass is 32.2. The molecule has 0 radical (unpaired) electrons. The monoisotopic (exact) mass is 254 g/mol. The highest BCUT2D eigenvalue weighted by Gasteiger charge is 2.00. The number of benzene rings is 2. The summed E-state index contributed by atoms with van der Waals surface area (Å²) in [6.45, 7) is 0. The van der Waals surface area contributed by atoms with E-state index < -0.39 is 0 Å². The van der Waals surface area contributed by atoms with Crippen molar-refractivity contribution in [3.8, 4) is 0 Å². The molecule has 0 fully saturated rings. The van der Waals surface area contributed by atoms with Crippen molar-refractivity contribution in [2.24, 2.45) is 0 Å². The Kier molecular flexibility index (Phi) is 4.79. The van der Waals surface area contributed by atoms with Gasteiger partial charge in [0.1, 0.15) is 6.29 Å². The lowest BCUT2D eigenvalue weighted by Crippen LogP contribution is -1.81. The van der Waals surface area contributed by atoms with Gasteiger partial charge in [0.2, 0.25) is 0 Å². The first kappa shape index (κ1) is 12.7. The van der Waals surface area contributed by atoms with E-state index in [4.69, 9.17) is 0 Å². The fourth-order valence-electron chi connectivity index (χ4n) is 1.59. The van der Waals surface area contributed by atoms with Crippen molar-refractivity contribution >= 4 is 24.1 Å². The Morgan fingerprint density at radius 1 is 0.944 bits per heavy atom. The number of aldehydes is 1. The maximum atomic E-state index is 10.7. The molecule has 0 saturated carbocycles. The first-order chi connectivity index (χ1) is 8.88. The summed E-state index contributed by atoms with van der Waals surface area (Å²) in [5.74, 6) is 0. The Morgan fingerprint density at radius 2 is 1.56 bits per heavy atom. The number of carbonyl (C=O) groups excluding carboxylic acids is 1. The van der Waals surface area contributed by atoms with Crippen molar-refractivity contribution in [1.82, 2.24) is 0 Å². The molecule has 2 aromatic rings. The third kappa shape index (κ3) is 3.90. The smallest absolute Gasteiger partial charge is 0.124 e. The Morgan fingerprint density at radius 3 is 2.17 bits per heavy atom. The maximum absolute atomic E-state index is 10.7. The number of carbonyl (C=O) groups is 1. The molecular formula is C16H14OS. The summed E-state index contributed by atoms with van der Waals surface area (Å²) in [6.07, 6.45) is 3.46. The molecule has 0 atom stereocenters. The normalized spacial score (nSPS) is 11.2. The van der Waals surface area contributed by atoms with E-state index in [1.807, 2.05) is 60.7 Å². The summed E-state index contributed by atoms with van der Waals surface area (Å²) < 4.78 is 0. The second kappa shape index (κ2) is 6.82. The first-order valence-electron chi connectivity index (χ1n) is 5.80. The number of hydrogen-bond donors (Lipinski definition) is 0. The van der Waals surface area contributed by atoms with Crippen LogP contribution in [0, 0.1) is 0 Å². The van der Waals surface area contributed by atoms with Crippen LogP contribution in [0.15, 0.2) is 70.5 Å². The molecule has 0 aliphatic heterocycles. The van der Waals surface area contributed by atoms with E-state index >= 15 is 0 Å². The van der Waals surface area contributed by atoms with Gasteiger partial charge in [-0.15, -0.1) is 0 Å². The van der Waals surface area contributed by atoms with Crippen molar-refractivity contribution in [3.05, 3.63) is 71.1 Å². The van der Waals surface area contributed by atoms with Crippen LogP contribution in [0.5, 0.6) is 0 Å². The van der Waals surface area contributed by atoms with Crippen LogP contribution in [0.3, 0.4) is 0 Å². The van der Waals surface area contributed by atoms with Crippen LogP contribution < -0.4 is 0 Å². The quantitative estimate of drug-likeness (QED) is 0.580. The topological polar surface area (TPSA) is 17.1 Å². The predicted octanol–water partition coefficient (Wildman–Crippen LogP) is 4.41. The molecule has 2 aromatic carbocycles. The summed E-state index contributed by atoms with van der Waals surface area (Å²) in [5.41, 5.74) is 1.12. The van der Waals surface area contributed by atoms with Gasteiger partial charge in [-0.2, -0.15) is 0 Å². The highest BCUT2D eigenvalue weighted by Crippen LogP contribution is 2.29. The third-order valence-electron chi connectivity index (χ3n) is 2.40. The molecule has 0 N–H and O–H groups in total. The second-order valence-corrected chi connectivity index (χ2v) is 5.01. The summed E-state index contributed by atoms with van der Waals surface area (Å²) in [4.78, 5) is 13.0. The van der Waals surface area contributed by atoms with Gasteiger partial charge in [-0.3, -0.25) is 0 Å². The molecule has 0 bridgehead atoms. The minimum atomic E-state index is 0.453. The molecular weight excluding hydrogens is 240 g/mol. The van der Waals surface area contributed by atoms with Crippen molar-refractivity contribution < 1.29 is 4.79 Å². The van der Waals surface area contributed by atoms with Gasteiger partial charge in [0.15, 0.2) is 0 Å². The molecule has 2 heteroatoms. The molecule has 90 valence electrons. The first-order valence-corrected chi connectivity index (χ1v) is 6.62. The van der Waals surface area contributed by atoms with Crippen LogP contribution in [0.1, 0.15) is 12.0 Å². The Balaban J connectivity index is 2.18. The van der Waals surface area contributed by atoms with Crippen LogP contribution >= 0.6 is 11.8 Å². The molecule has 0 heterocycles. The fraction of sp³-hybridized carbons (Fsp3) is 0.0625. The molecule has 0 spiro atoms. The van der Waals surface area contributed by atoms with Crippen LogP contribution in [0.25, 0.3) is 6.08 Å². The van der Waals surface area contributed by atoms with Crippen LogP contribution in [-0.4, -0.2) is 6.29 Å². The van der Waals surface area contributed by atoms with E-state index in [0.717, 1.165) is 21.7 Å². The van der Waals surface area contributed by atoms with Gasteiger partial charge in [-0.25, -0.2) is 0 Å². The fourth-order valence-corrected chi connectivity index (χ4v) is 2.53. The third-order valence-corrected chi connectivity index (χ3v) is 3.46. The highest BCUT2D eigenvalue weighted by molar-refractivity contribution is 8.03. The lowest BCUT2D eigenvalue weighted by molar-refractivity contribution is -0.107. The molecule has 0 aliphatic rings. The minimum Gasteiger partial charge on any atom is -0.303 e. The molecule has 18 heavy (non-hydrogen) atoms. The predicted molar refractivity (Wildman–Crippen MR) is 77.4 cm³/mol. The maximum Gasteiger partial charge on any atom is 0.124 e. The van der Waals surface area contributed by atoms with E-state index in [9.17, 15) is 4.79 Å². The zero-order chi connectivity index (χ0) is 12.6. The number of rotatable bonds is 5. The van der Waals surface area contributed by atoms with Crippen LogP contribution in [0.2, 0.25) is 0 Å².